The average molecular weight is 430 g/mol. The Bertz CT molecular complexity index is 548. The maximum Gasteiger partial charge on any atom is 0.0720 e. The third-order valence-corrected chi connectivity index (χ3v) is 6.68. The molecule has 0 aliphatic heterocycles. The van der Waals surface area contributed by atoms with Crippen LogP contribution >= 0.6 is 0 Å². The minimum atomic E-state index is -0.144. The second kappa shape index (κ2) is 17.4. The van der Waals surface area contributed by atoms with Crippen LogP contribution in [-0.2, 0) is 0 Å². The summed E-state index contributed by atoms with van der Waals surface area (Å²) >= 11 is 0. The minimum absolute atomic E-state index is 0.144. The van der Waals surface area contributed by atoms with Crippen LogP contribution in [0.3, 0.4) is 0 Å². The molecule has 0 aromatic rings. The lowest BCUT2D eigenvalue weighted by molar-refractivity contribution is 0.0574. The molecule has 0 spiro atoms. The molecule has 2 heteroatoms. The number of aliphatic hydroxyl groups is 1. The summed E-state index contributed by atoms with van der Waals surface area (Å²) in [7, 11) is 0. The minimum Gasteiger partial charge on any atom is -0.393 e. The molecular weight excluding hydrogens is 378 g/mol. The van der Waals surface area contributed by atoms with Gasteiger partial charge in [-0.15, -0.1) is 0 Å². The van der Waals surface area contributed by atoms with Gasteiger partial charge in [0.05, 0.1) is 12.1 Å². The third kappa shape index (κ3) is 11.9. The van der Waals surface area contributed by atoms with Gasteiger partial charge in [-0.25, -0.2) is 0 Å². The lowest BCUT2D eigenvalue weighted by Gasteiger charge is -2.30. The molecule has 0 aromatic heterocycles. The van der Waals surface area contributed by atoms with Crippen molar-refractivity contribution in [1.82, 2.24) is 0 Å². The van der Waals surface area contributed by atoms with Gasteiger partial charge in [0.15, 0.2) is 0 Å². The van der Waals surface area contributed by atoms with E-state index < -0.39 is 0 Å². The highest BCUT2D eigenvalue weighted by Crippen LogP contribution is 2.31. The molecule has 0 heterocycles. The van der Waals surface area contributed by atoms with Gasteiger partial charge in [0.1, 0.15) is 0 Å². The van der Waals surface area contributed by atoms with Crippen molar-refractivity contribution in [2.75, 3.05) is 0 Å². The Morgan fingerprint density at radius 3 is 2.06 bits per heavy atom. The van der Waals surface area contributed by atoms with Crippen molar-refractivity contribution in [2.45, 2.75) is 130 Å². The summed E-state index contributed by atoms with van der Waals surface area (Å²) in [4.78, 5) is 4.89. The summed E-state index contributed by atoms with van der Waals surface area (Å²) in [5, 5.41) is 10.2. The first kappa shape index (κ1) is 27.9. The molecule has 1 N–H and O–H groups in total. The molecule has 2 fully saturated rings. The molecule has 3 atom stereocenters. The van der Waals surface area contributed by atoms with Crippen molar-refractivity contribution in [3.8, 4) is 0 Å². The Morgan fingerprint density at radius 1 is 1.06 bits per heavy atom. The molecule has 0 amide bonds. The van der Waals surface area contributed by atoms with Crippen LogP contribution in [-0.4, -0.2) is 23.0 Å². The standard InChI is InChI=1S/C20H31NO.C7H14.C2H6/c1-4-6-19(13-14-20(22)18-7-5-8-18)21-16(3)17-11-9-15(2)10-12-17;1-2-4-6-7-5-3-1;1-2/h4,6,9,11-12,15-16,18,20,22H,5,7-8,10,13-14H2,1-3H3;1-7H2;1-2H3/b6-4-,21-19?;;/t15-,16?,20?;;/m0../s1. The predicted octanol–water partition coefficient (Wildman–Crippen LogP) is 8.61. The quantitative estimate of drug-likeness (QED) is 0.319. The summed E-state index contributed by atoms with van der Waals surface area (Å²) < 4.78 is 0. The molecule has 0 saturated heterocycles. The summed E-state index contributed by atoms with van der Waals surface area (Å²) in [6.45, 7) is 10.4. The number of hydrogen-bond donors (Lipinski definition) is 1. The van der Waals surface area contributed by atoms with Crippen LogP contribution in [0.1, 0.15) is 118 Å². The molecule has 31 heavy (non-hydrogen) atoms. The van der Waals surface area contributed by atoms with Crippen molar-refractivity contribution >= 4 is 5.71 Å². The SMILES string of the molecule is C/C=C\C(CCC(O)C1CCC1)=NC(C)C1=CC[C@@H](C)C=C1.C1CCCCCC1.CC. The van der Waals surface area contributed by atoms with Crippen molar-refractivity contribution in [1.29, 1.82) is 0 Å². The zero-order valence-corrected chi connectivity index (χ0v) is 21.3. The van der Waals surface area contributed by atoms with Gasteiger partial charge in [-0.3, -0.25) is 4.99 Å². The van der Waals surface area contributed by atoms with E-state index in [0.717, 1.165) is 25.0 Å². The normalized spacial score (nSPS) is 24.0. The first-order chi connectivity index (χ1) is 15.1. The van der Waals surface area contributed by atoms with Gasteiger partial charge in [0.25, 0.3) is 0 Å². The number of aliphatic imine (C=N–C) groups is 1. The van der Waals surface area contributed by atoms with Crippen LogP contribution in [0.2, 0.25) is 0 Å². The Balaban J connectivity index is 0.000000447. The third-order valence-electron chi connectivity index (χ3n) is 6.68. The molecule has 0 bridgehead atoms. The molecule has 3 aliphatic rings. The first-order valence-electron chi connectivity index (χ1n) is 13.4. The average Bonchev–Trinajstić information content (AvgIpc) is 3.06. The van der Waals surface area contributed by atoms with Crippen LogP contribution in [0.15, 0.2) is 40.9 Å². The monoisotopic (exact) mass is 429 g/mol. The van der Waals surface area contributed by atoms with E-state index in [-0.39, 0.29) is 12.1 Å². The highest BCUT2D eigenvalue weighted by molar-refractivity contribution is 5.95. The maximum atomic E-state index is 10.2. The van der Waals surface area contributed by atoms with Crippen LogP contribution in [0, 0.1) is 11.8 Å². The van der Waals surface area contributed by atoms with E-state index in [2.05, 4.69) is 44.2 Å². The Kier molecular flexibility index (Phi) is 15.7. The second-order valence-corrected chi connectivity index (χ2v) is 9.34. The number of rotatable bonds is 7. The molecule has 3 rings (SSSR count). The molecule has 0 radical (unpaired) electrons. The van der Waals surface area contributed by atoms with Crippen LogP contribution in [0.4, 0.5) is 0 Å². The molecule has 0 aromatic carbocycles. The van der Waals surface area contributed by atoms with Gasteiger partial charge >= 0.3 is 0 Å². The van der Waals surface area contributed by atoms with Crippen LogP contribution in [0.25, 0.3) is 0 Å². The molecule has 178 valence electrons. The van der Waals surface area contributed by atoms with Crippen molar-refractivity contribution in [3.05, 3.63) is 36.0 Å². The van der Waals surface area contributed by atoms with Crippen molar-refractivity contribution in [3.63, 3.8) is 0 Å². The maximum absolute atomic E-state index is 10.2. The molecular formula is C29H51NO. The van der Waals surface area contributed by atoms with Gasteiger partial charge in [0.2, 0.25) is 0 Å². The Morgan fingerprint density at radius 2 is 1.65 bits per heavy atom. The van der Waals surface area contributed by atoms with Crippen molar-refractivity contribution < 1.29 is 5.11 Å². The molecule has 2 nitrogen and oxygen atoms in total. The van der Waals surface area contributed by atoms with E-state index >= 15 is 0 Å². The van der Waals surface area contributed by atoms with Gasteiger partial charge in [-0.2, -0.15) is 0 Å². The van der Waals surface area contributed by atoms with E-state index in [1.165, 1.54) is 69.8 Å². The number of allylic oxidation sites excluding steroid dienone is 4. The van der Waals surface area contributed by atoms with Crippen LogP contribution < -0.4 is 0 Å². The smallest absolute Gasteiger partial charge is 0.0720 e. The summed E-state index contributed by atoms with van der Waals surface area (Å²) in [6, 6.07) is 0.204. The second-order valence-electron chi connectivity index (χ2n) is 9.34. The number of aliphatic hydroxyl groups excluding tert-OH is 1. The molecule has 2 unspecified atom stereocenters. The van der Waals surface area contributed by atoms with Gasteiger partial charge in [-0.1, -0.05) is 96.4 Å². The van der Waals surface area contributed by atoms with E-state index in [0.29, 0.717) is 11.8 Å². The zero-order chi connectivity index (χ0) is 22.9. The van der Waals surface area contributed by atoms with E-state index in [1.807, 2.05) is 20.8 Å². The zero-order valence-electron chi connectivity index (χ0n) is 21.3. The van der Waals surface area contributed by atoms with Crippen molar-refractivity contribution in [2.24, 2.45) is 16.8 Å². The van der Waals surface area contributed by atoms with E-state index in [4.69, 9.17) is 4.99 Å². The summed E-state index contributed by atoms with van der Waals surface area (Å²) in [5.74, 6) is 1.18. The van der Waals surface area contributed by atoms with Gasteiger partial charge in [0, 0.05) is 5.71 Å². The lowest BCUT2D eigenvalue weighted by atomic mass is 9.79. The lowest BCUT2D eigenvalue weighted by Crippen LogP contribution is -2.27. The van der Waals surface area contributed by atoms with Gasteiger partial charge in [-0.05, 0) is 69.4 Å². The first-order valence-corrected chi connectivity index (χ1v) is 13.4. The van der Waals surface area contributed by atoms with Gasteiger partial charge < -0.3 is 5.11 Å². The predicted molar refractivity (Wildman–Crippen MR) is 139 cm³/mol. The number of hydrogen-bond acceptors (Lipinski definition) is 2. The topological polar surface area (TPSA) is 32.6 Å². The number of nitrogens with zero attached hydrogens (tertiary/aromatic N) is 1. The van der Waals surface area contributed by atoms with E-state index in [9.17, 15) is 5.11 Å². The Labute approximate surface area is 194 Å². The fraction of sp³-hybridized carbons (Fsp3) is 0.759. The fourth-order valence-electron chi connectivity index (χ4n) is 4.35. The highest BCUT2D eigenvalue weighted by atomic mass is 16.3. The molecule has 3 aliphatic carbocycles. The highest BCUT2D eigenvalue weighted by Gasteiger charge is 2.25. The fourth-order valence-corrected chi connectivity index (χ4v) is 4.35. The van der Waals surface area contributed by atoms with E-state index in [1.54, 1.807) is 0 Å². The largest absolute Gasteiger partial charge is 0.393 e. The van der Waals surface area contributed by atoms with Crippen LogP contribution in [0.5, 0.6) is 0 Å². The molecule has 2 saturated carbocycles. The summed E-state index contributed by atoms with van der Waals surface area (Å²) in [5.41, 5.74) is 2.43. The Hall–Kier alpha value is -1.15. The summed E-state index contributed by atoms with van der Waals surface area (Å²) in [6.07, 6.45) is 27.8.